The Kier molecular flexibility index (Phi) is 5.95. The van der Waals surface area contributed by atoms with Crippen LogP contribution in [0.25, 0.3) is 5.69 Å². The van der Waals surface area contributed by atoms with E-state index in [4.69, 9.17) is 4.98 Å². The molecule has 2 aromatic heterocycles. The van der Waals surface area contributed by atoms with Gasteiger partial charge in [0.2, 0.25) is 5.95 Å². The molecule has 4 aromatic rings. The van der Waals surface area contributed by atoms with Gasteiger partial charge in [0.1, 0.15) is 5.82 Å². The summed E-state index contributed by atoms with van der Waals surface area (Å²) >= 11 is 0. The summed E-state index contributed by atoms with van der Waals surface area (Å²) in [6.07, 6.45) is 3.60. The molecule has 0 atom stereocenters. The van der Waals surface area contributed by atoms with Crippen molar-refractivity contribution < 1.29 is 4.79 Å². The molecule has 0 bridgehead atoms. The van der Waals surface area contributed by atoms with Crippen LogP contribution < -0.4 is 10.2 Å². The van der Waals surface area contributed by atoms with Gasteiger partial charge in [0, 0.05) is 61.6 Å². The Hall–Kier alpha value is -4.20. The molecule has 0 aliphatic carbocycles. The number of hydrogen-bond donors (Lipinski definition) is 1. The molecule has 8 heteroatoms. The lowest BCUT2D eigenvalue weighted by atomic mass is 10.1. The summed E-state index contributed by atoms with van der Waals surface area (Å²) in [7, 11) is 0. The zero-order chi connectivity index (χ0) is 23.5. The van der Waals surface area contributed by atoms with Crippen LogP contribution in [0.2, 0.25) is 0 Å². The first-order valence-electron chi connectivity index (χ1n) is 11.4. The number of carbonyl (C=O) groups excluding carboxylic acids is 1. The van der Waals surface area contributed by atoms with Crippen LogP contribution in [0.5, 0.6) is 0 Å². The van der Waals surface area contributed by atoms with Gasteiger partial charge in [-0.3, -0.25) is 4.79 Å². The maximum Gasteiger partial charge on any atom is 0.254 e. The number of anilines is 3. The Balaban J connectivity index is 1.25. The molecule has 2 aromatic carbocycles. The summed E-state index contributed by atoms with van der Waals surface area (Å²) in [5.41, 5.74) is 4.60. The van der Waals surface area contributed by atoms with E-state index in [0.29, 0.717) is 37.7 Å². The third-order valence-corrected chi connectivity index (χ3v) is 5.90. The van der Waals surface area contributed by atoms with Gasteiger partial charge in [-0.1, -0.05) is 23.8 Å². The quantitative estimate of drug-likeness (QED) is 0.492. The number of rotatable bonds is 5. The van der Waals surface area contributed by atoms with Crippen LogP contribution in [-0.4, -0.2) is 56.7 Å². The maximum atomic E-state index is 13.1. The van der Waals surface area contributed by atoms with Crippen LogP contribution in [-0.2, 0) is 0 Å². The SMILES string of the molecule is Cc1ccc(Nc2nc(C)cc(N3CCN(C(=O)c4cccc(-n5cccn5)c4)CC3)n2)cc1. The Morgan fingerprint density at radius 3 is 2.44 bits per heavy atom. The van der Waals surface area contributed by atoms with Crippen molar-refractivity contribution in [1.29, 1.82) is 0 Å². The number of hydrogen-bond acceptors (Lipinski definition) is 6. The zero-order valence-electron chi connectivity index (χ0n) is 19.3. The van der Waals surface area contributed by atoms with Crippen molar-refractivity contribution >= 4 is 23.4 Å². The lowest BCUT2D eigenvalue weighted by Crippen LogP contribution is -2.49. The molecule has 5 rings (SSSR count). The summed E-state index contributed by atoms with van der Waals surface area (Å²) in [6, 6.07) is 19.6. The van der Waals surface area contributed by atoms with Gasteiger partial charge in [0.25, 0.3) is 5.91 Å². The molecular weight excluding hydrogens is 426 g/mol. The normalized spacial score (nSPS) is 13.7. The first-order valence-corrected chi connectivity index (χ1v) is 11.4. The topological polar surface area (TPSA) is 79.2 Å². The lowest BCUT2D eigenvalue weighted by Gasteiger charge is -2.35. The van der Waals surface area contributed by atoms with Gasteiger partial charge in [0.05, 0.1) is 5.69 Å². The minimum Gasteiger partial charge on any atom is -0.353 e. The smallest absolute Gasteiger partial charge is 0.254 e. The summed E-state index contributed by atoms with van der Waals surface area (Å²) < 4.78 is 1.76. The highest BCUT2D eigenvalue weighted by atomic mass is 16.2. The van der Waals surface area contributed by atoms with Crippen molar-refractivity contribution in [1.82, 2.24) is 24.6 Å². The van der Waals surface area contributed by atoms with Gasteiger partial charge in [0.15, 0.2) is 0 Å². The molecule has 34 heavy (non-hydrogen) atoms. The van der Waals surface area contributed by atoms with E-state index in [1.54, 1.807) is 10.9 Å². The minimum absolute atomic E-state index is 0.0363. The van der Waals surface area contributed by atoms with Crippen molar-refractivity contribution in [2.75, 3.05) is 36.4 Å². The summed E-state index contributed by atoms with van der Waals surface area (Å²) in [5, 5.41) is 7.55. The van der Waals surface area contributed by atoms with Gasteiger partial charge in [-0.05, 0) is 50.2 Å². The van der Waals surface area contributed by atoms with Gasteiger partial charge in [-0.25, -0.2) is 9.67 Å². The number of aromatic nitrogens is 4. The number of nitrogens with zero attached hydrogens (tertiary/aromatic N) is 6. The molecule has 0 spiro atoms. The van der Waals surface area contributed by atoms with Crippen molar-refractivity contribution in [3.05, 3.63) is 89.9 Å². The van der Waals surface area contributed by atoms with Crippen molar-refractivity contribution in [2.24, 2.45) is 0 Å². The molecule has 8 nitrogen and oxygen atoms in total. The third-order valence-electron chi connectivity index (χ3n) is 5.90. The second kappa shape index (κ2) is 9.35. The van der Waals surface area contributed by atoms with Crippen molar-refractivity contribution in [2.45, 2.75) is 13.8 Å². The van der Waals surface area contributed by atoms with Crippen LogP contribution in [0.4, 0.5) is 17.5 Å². The molecule has 1 saturated heterocycles. The zero-order valence-corrected chi connectivity index (χ0v) is 19.3. The van der Waals surface area contributed by atoms with Crippen LogP contribution in [0.3, 0.4) is 0 Å². The van der Waals surface area contributed by atoms with E-state index in [0.717, 1.165) is 22.9 Å². The van der Waals surface area contributed by atoms with Gasteiger partial charge < -0.3 is 15.1 Å². The molecule has 1 fully saturated rings. The van der Waals surface area contributed by atoms with Crippen LogP contribution in [0.1, 0.15) is 21.6 Å². The molecule has 172 valence electrons. The number of aryl methyl sites for hydroxylation is 2. The fourth-order valence-corrected chi connectivity index (χ4v) is 4.06. The van der Waals surface area contributed by atoms with Crippen molar-refractivity contribution in [3.8, 4) is 5.69 Å². The number of piperazine rings is 1. The van der Waals surface area contributed by atoms with Crippen LogP contribution >= 0.6 is 0 Å². The summed E-state index contributed by atoms with van der Waals surface area (Å²) in [5.74, 6) is 1.48. The first kappa shape index (κ1) is 21.6. The van der Waals surface area contributed by atoms with Gasteiger partial charge in [-0.2, -0.15) is 10.1 Å². The number of amides is 1. The molecule has 3 heterocycles. The molecule has 1 aliphatic heterocycles. The maximum absolute atomic E-state index is 13.1. The molecule has 0 saturated carbocycles. The van der Waals surface area contributed by atoms with E-state index in [1.807, 2.05) is 66.6 Å². The van der Waals surface area contributed by atoms with E-state index in [-0.39, 0.29) is 5.91 Å². The van der Waals surface area contributed by atoms with Crippen molar-refractivity contribution in [3.63, 3.8) is 0 Å². The van der Waals surface area contributed by atoms with Gasteiger partial charge >= 0.3 is 0 Å². The van der Waals surface area contributed by atoms with Gasteiger partial charge in [-0.15, -0.1) is 0 Å². The standard InChI is InChI=1S/C26H27N7O/c1-19-7-9-22(10-8-19)29-26-28-20(2)17-24(30-26)31-13-15-32(16-14-31)25(34)21-5-3-6-23(18-21)33-12-4-11-27-33/h3-12,17-18H,13-16H2,1-2H3,(H,28,29,30). The number of nitrogens with one attached hydrogen (secondary N) is 1. The first-order chi connectivity index (χ1) is 16.5. The highest BCUT2D eigenvalue weighted by Gasteiger charge is 2.23. The molecule has 0 radical (unpaired) electrons. The minimum atomic E-state index is 0.0363. The Bertz CT molecular complexity index is 1280. The fourth-order valence-electron chi connectivity index (χ4n) is 4.06. The molecular formula is C26H27N7O. The molecule has 1 aliphatic rings. The van der Waals surface area contributed by atoms with E-state index in [1.165, 1.54) is 5.56 Å². The second-order valence-electron chi connectivity index (χ2n) is 8.46. The Morgan fingerprint density at radius 2 is 1.71 bits per heavy atom. The number of carbonyl (C=O) groups is 1. The monoisotopic (exact) mass is 453 g/mol. The molecule has 0 unspecified atom stereocenters. The van der Waals surface area contributed by atoms with E-state index in [9.17, 15) is 4.79 Å². The Morgan fingerprint density at radius 1 is 0.912 bits per heavy atom. The predicted octanol–water partition coefficient (Wildman–Crippen LogP) is 3.99. The summed E-state index contributed by atoms with van der Waals surface area (Å²) in [6.45, 7) is 6.72. The molecule has 1 amide bonds. The summed E-state index contributed by atoms with van der Waals surface area (Å²) in [4.78, 5) is 26.5. The van der Waals surface area contributed by atoms with Crippen LogP contribution in [0.15, 0.2) is 73.1 Å². The average Bonchev–Trinajstić information content (AvgIpc) is 3.40. The van der Waals surface area contributed by atoms with Crippen LogP contribution in [0, 0.1) is 13.8 Å². The fraction of sp³-hybridized carbons (Fsp3) is 0.231. The second-order valence-corrected chi connectivity index (χ2v) is 8.46. The average molecular weight is 454 g/mol. The predicted molar refractivity (Wildman–Crippen MR) is 133 cm³/mol. The number of benzene rings is 2. The highest BCUT2D eigenvalue weighted by Crippen LogP contribution is 2.21. The largest absolute Gasteiger partial charge is 0.353 e. The van der Waals surface area contributed by atoms with E-state index >= 15 is 0 Å². The highest BCUT2D eigenvalue weighted by molar-refractivity contribution is 5.95. The third kappa shape index (κ3) is 4.76. The lowest BCUT2D eigenvalue weighted by molar-refractivity contribution is 0.0746. The Labute approximate surface area is 198 Å². The molecule has 1 N–H and O–H groups in total. The van der Waals surface area contributed by atoms with E-state index in [2.05, 4.69) is 39.4 Å². The van der Waals surface area contributed by atoms with E-state index < -0.39 is 0 Å².